The zero-order chi connectivity index (χ0) is 16.0. The van der Waals surface area contributed by atoms with E-state index in [1.165, 1.54) is 13.2 Å². The van der Waals surface area contributed by atoms with E-state index in [1.54, 1.807) is 26.0 Å². The Kier molecular flexibility index (Phi) is 5.84. The number of nitrogens with one attached hydrogen (secondary N) is 1. The zero-order valence-electron chi connectivity index (χ0n) is 12.9. The van der Waals surface area contributed by atoms with E-state index < -0.39 is 10.5 Å². The molecule has 116 valence electrons. The van der Waals surface area contributed by atoms with Gasteiger partial charge in [0.2, 0.25) is 0 Å². The van der Waals surface area contributed by atoms with E-state index >= 15 is 0 Å². The maximum absolute atomic E-state index is 11.8. The molecule has 1 atom stereocenters. The van der Waals surface area contributed by atoms with Crippen molar-refractivity contribution in [2.24, 2.45) is 0 Å². The molecule has 1 aromatic carbocycles. The van der Waals surface area contributed by atoms with Crippen molar-refractivity contribution in [3.8, 4) is 0 Å². The molecule has 21 heavy (non-hydrogen) atoms. The molecule has 1 aromatic rings. The van der Waals surface area contributed by atoms with Crippen LogP contribution in [0.3, 0.4) is 0 Å². The van der Waals surface area contributed by atoms with E-state index in [0.29, 0.717) is 0 Å². The predicted octanol–water partition coefficient (Wildman–Crippen LogP) is 2.98. The first-order valence-corrected chi connectivity index (χ1v) is 6.92. The molecule has 0 radical (unpaired) electrons. The van der Waals surface area contributed by atoms with Crippen LogP contribution in [0, 0.1) is 10.1 Å². The van der Waals surface area contributed by atoms with E-state index in [2.05, 4.69) is 5.32 Å². The molecule has 0 bridgehead atoms. The van der Waals surface area contributed by atoms with Gasteiger partial charge in [0.05, 0.1) is 12.0 Å². The summed E-state index contributed by atoms with van der Waals surface area (Å²) in [6, 6.07) is 6.33. The molecule has 0 aliphatic rings. The number of hydrogen-bond acceptors (Lipinski definition) is 5. The van der Waals surface area contributed by atoms with E-state index in [0.717, 1.165) is 18.4 Å². The molecule has 0 heterocycles. The van der Waals surface area contributed by atoms with Crippen molar-refractivity contribution in [2.75, 3.05) is 7.11 Å². The topological polar surface area (TPSA) is 81.5 Å². The van der Waals surface area contributed by atoms with Gasteiger partial charge in [0, 0.05) is 18.2 Å². The van der Waals surface area contributed by atoms with Gasteiger partial charge < -0.3 is 4.74 Å². The maximum Gasteiger partial charge on any atom is 0.325 e. The highest BCUT2D eigenvalue weighted by Gasteiger charge is 2.31. The molecule has 0 aliphatic carbocycles. The van der Waals surface area contributed by atoms with Gasteiger partial charge in [-0.3, -0.25) is 20.2 Å². The summed E-state index contributed by atoms with van der Waals surface area (Å²) < 4.78 is 4.78. The Morgan fingerprint density at radius 2 is 2.14 bits per heavy atom. The molecule has 0 aromatic heterocycles. The first kappa shape index (κ1) is 17.1. The summed E-state index contributed by atoms with van der Waals surface area (Å²) in [4.78, 5) is 22.3. The van der Waals surface area contributed by atoms with Crippen LogP contribution in [-0.2, 0) is 9.53 Å². The van der Waals surface area contributed by atoms with Crippen LogP contribution in [0.5, 0.6) is 0 Å². The Hall–Kier alpha value is -1.95. The summed E-state index contributed by atoms with van der Waals surface area (Å²) in [6.45, 7) is 5.49. The molecule has 0 amide bonds. The van der Waals surface area contributed by atoms with Crippen molar-refractivity contribution >= 4 is 11.7 Å². The fourth-order valence-corrected chi connectivity index (χ4v) is 2.22. The number of nitro benzene ring substituents is 1. The minimum absolute atomic E-state index is 0.0475. The standard InChI is InChI=1S/C15H22N2O4/c1-5-7-13(16-15(2,3)14(18)21-4)11-8-6-9-12(10-11)17(19)20/h6,8-10,13,16H,5,7H2,1-4H3. The van der Waals surface area contributed by atoms with Crippen molar-refractivity contribution in [2.45, 2.75) is 45.2 Å². The Morgan fingerprint density at radius 3 is 2.67 bits per heavy atom. The second-order valence-corrected chi connectivity index (χ2v) is 5.45. The number of hydrogen-bond donors (Lipinski definition) is 1. The average Bonchev–Trinajstić information content (AvgIpc) is 2.45. The van der Waals surface area contributed by atoms with Crippen LogP contribution in [0.25, 0.3) is 0 Å². The SMILES string of the molecule is CCCC(NC(C)(C)C(=O)OC)c1cccc([N+](=O)[O-])c1. The number of carbonyl (C=O) groups is 1. The molecule has 1 unspecified atom stereocenters. The Labute approximate surface area is 124 Å². The number of non-ortho nitro benzene ring substituents is 1. The van der Waals surface area contributed by atoms with E-state index in [9.17, 15) is 14.9 Å². The third-order valence-corrected chi connectivity index (χ3v) is 3.29. The number of carbonyl (C=O) groups excluding carboxylic acids is 1. The van der Waals surface area contributed by atoms with Crippen LogP contribution < -0.4 is 5.32 Å². The molecule has 0 aliphatic heterocycles. The van der Waals surface area contributed by atoms with Gasteiger partial charge in [-0.2, -0.15) is 0 Å². The van der Waals surface area contributed by atoms with Crippen molar-refractivity contribution in [3.05, 3.63) is 39.9 Å². The molecular formula is C15H22N2O4. The minimum Gasteiger partial charge on any atom is -0.468 e. The molecule has 0 fully saturated rings. The molecule has 0 spiro atoms. The molecule has 1 N–H and O–H groups in total. The van der Waals surface area contributed by atoms with Crippen LogP contribution in [0.15, 0.2) is 24.3 Å². The lowest BCUT2D eigenvalue weighted by molar-refractivity contribution is -0.384. The summed E-state index contributed by atoms with van der Waals surface area (Å²) in [5.41, 5.74) is -0.0199. The van der Waals surface area contributed by atoms with Gasteiger partial charge in [-0.05, 0) is 25.8 Å². The van der Waals surface area contributed by atoms with Crippen LogP contribution in [0.2, 0.25) is 0 Å². The summed E-state index contributed by atoms with van der Waals surface area (Å²) in [7, 11) is 1.34. The fraction of sp³-hybridized carbons (Fsp3) is 0.533. The van der Waals surface area contributed by atoms with E-state index in [1.807, 2.05) is 13.0 Å². The number of rotatable bonds is 7. The van der Waals surface area contributed by atoms with Gasteiger partial charge in [0.15, 0.2) is 0 Å². The number of ether oxygens (including phenoxy) is 1. The maximum atomic E-state index is 11.8. The lowest BCUT2D eigenvalue weighted by Gasteiger charge is -2.29. The molecule has 6 heteroatoms. The largest absolute Gasteiger partial charge is 0.468 e. The Morgan fingerprint density at radius 1 is 1.48 bits per heavy atom. The smallest absolute Gasteiger partial charge is 0.325 e. The van der Waals surface area contributed by atoms with Gasteiger partial charge in [-0.25, -0.2) is 0 Å². The van der Waals surface area contributed by atoms with E-state index in [-0.39, 0.29) is 17.7 Å². The van der Waals surface area contributed by atoms with Gasteiger partial charge in [0.25, 0.3) is 5.69 Å². The highest BCUT2D eigenvalue weighted by Crippen LogP contribution is 2.25. The molecular weight excluding hydrogens is 272 g/mol. The summed E-state index contributed by atoms with van der Waals surface area (Å²) in [6.07, 6.45) is 1.65. The molecule has 0 saturated heterocycles. The molecule has 6 nitrogen and oxygen atoms in total. The third kappa shape index (κ3) is 4.53. The van der Waals surface area contributed by atoms with Crippen molar-refractivity contribution in [1.29, 1.82) is 0 Å². The minimum atomic E-state index is -0.862. The van der Waals surface area contributed by atoms with Gasteiger partial charge in [-0.15, -0.1) is 0 Å². The number of nitro groups is 1. The second kappa shape index (κ2) is 7.17. The predicted molar refractivity (Wildman–Crippen MR) is 80.0 cm³/mol. The Bertz CT molecular complexity index is 514. The van der Waals surface area contributed by atoms with Gasteiger partial charge in [-0.1, -0.05) is 25.5 Å². The number of nitrogens with zero attached hydrogens (tertiary/aromatic N) is 1. The number of esters is 1. The summed E-state index contributed by atoms with van der Waals surface area (Å²) in [5.74, 6) is -0.367. The fourth-order valence-electron chi connectivity index (χ4n) is 2.22. The van der Waals surface area contributed by atoms with Crippen LogP contribution in [0.1, 0.15) is 45.2 Å². The van der Waals surface area contributed by atoms with Crippen LogP contribution in [-0.4, -0.2) is 23.5 Å². The second-order valence-electron chi connectivity index (χ2n) is 5.45. The van der Waals surface area contributed by atoms with Crippen LogP contribution >= 0.6 is 0 Å². The summed E-state index contributed by atoms with van der Waals surface area (Å²) >= 11 is 0. The van der Waals surface area contributed by atoms with E-state index in [4.69, 9.17) is 4.74 Å². The Balaban J connectivity index is 3.04. The van der Waals surface area contributed by atoms with Crippen molar-refractivity contribution < 1.29 is 14.5 Å². The third-order valence-electron chi connectivity index (χ3n) is 3.29. The monoisotopic (exact) mass is 294 g/mol. The highest BCUT2D eigenvalue weighted by molar-refractivity contribution is 5.79. The summed E-state index contributed by atoms with van der Waals surface area (Å²) in [5, 5.41) is 14.1. The van der Waals surface area contributed by atoms with Crippen molar-refractivity contribution in [1.82, 2.24) is 5.32 Å². The highest BCUT2D eigenvalue weighted by atomic mass is 16.6. The number of methoxy groups -OCH3 is 1. The van der Waals surface area contributed by atoms with Gasteiger partial charge in [0.1, 0.15) is 5.54 Å². The zero-order valence-corrected chi connectivity index (χ0v) is 12.9. The first-order valence-electron chi connectivity index (χ1n) is 6.92. The lowest BCUT2D eigenvalue weighted by atomic mass is 9.96. The molecule has 0 saturated carbocycles. The average molecular weight is 294 g/mol. The first-order chi connectivity index (χ1) is 9.81. The normalized spacial score (nSPS) is 12.8. The lowest BCUT2D eigenvalue weighted by Crippen LogP contribution is -2.49. The number of benzene rings is 1. The quantitative estimate of drug-likeness (QED) is 0.475. The van der Waals surface area contributed by atoms with Crippen molar-refractivity contribution in [3.63, 3.8) is 0 Å². The van der Waals surface area contributed by atoms with Gasteiger partial charge >= 0.3 is 5.97 Å². The van der Waals surface area contributed by atoms with Crippen LogP contribution in [0.4, 0.5) is 5.69 Å². The molecule has 1 rings (SSSR count).